The van der Waals surface area contributed by atoms with Crippen molar-refractivity contribution in [2.45, 2.75) is 18.8 Å². The van der Waals surface area contributed by atoms with Crippen LogP contribution in [0.5, 0.6) is 0 Å². The Balaban J connectivity index is 3.06. The van der Waals surface area contributed by atoms with Gasteiger partial charge in [-0.25, -0.2) is 4.39 Å². The third-order valence-electron chi connectivity index (χ3n) is 1.88. The molecule has 1 aromatic heterocycles. The molecule has 0 aliphatic rings. The van der Waals surface area contributed by atoms with Crippen molar-refractivity contribution in [3.05, 3.63) is 17.5 Å². The molecule has 0 bridgehead atoms. The summed E-state index contributed by atoms with van der Waals surface area (Å²) in [6, 6.07) is 0. The molecule has 1 rings (SSSR count). The lowest BCUT2D eigenvalue weighted by atomic mass is 10.1. The van der Waals surface area contributed by atoms with Gasteiger partial charge in [0.1, 0.15) is 6.17 Å². The van der Waals surface area contributed by atoms with Gasteiger partial charge in [-0.2, -0.15) is 18.3 Å². The molecule has 0 aliphatic heterocycles. The van der Waals surface area contributed by atoms with Crippen molar-refractivity contribution in [1.29, 1.82) is 0 Å². The number of hydrogen-bond donors (Lipinski definition) is 1. The van der Waals surface area contributed by atoms with E-state index in [1.165, 1.54) is 7.05 Å². The van der Waals surface area contributed by atoms with E-state index >= 15 is 0 Å². The van der Waals surface area contributed by atoms with Gasteiger partial charge in [0.25, 0.3) is 0 Å². The molecule has 1 atom stereocenters. The molecule has 0 aromatic carbocycles. The predicted octanol–water partition coefficient (Wildman–Crippen LogP) is 1.80. The van der Waals surface area contributed by atoms with E-state index in [-0.39, 0.29) is 13.0 Å². The second kappa shape index (κ2) is 4.18. The molecule has 1 unspecified atom stereocenters. The number of aryl methyl sites for hydroxylation is 1. The number of nitrogens with two attached hydrogens (primary N) is 1. The van der Waals surface area contributed by atoms with Crippen LogP contribution in [0.15, 0.2) is 6.20 Å². The quantitative estimate of drug-likeness (QED) is 0.797. The SMILES string of the molecule is Cn1cc(C(F)CCN)c(C(F)(F)F)n1. The lowest BCUT2D eigenvalue weighted by molar-refractivity contribution is -0.142. The molecule has 0 saturated heterocycles. The number of alkyl halides is 4. The Morgan fingerprint density at radius 1 is 1.53 bits per heavy atom. The summed E-state index contributed by atoms with van der Waals surface area (Å²) in [6.07, 6.45) is -5.46. The lowest BCUT2D eigenvalue weighted by Crippen LogP contribution is -2.12. The van der Waals surface area contributed by atoms with Crippen molar-refractivity contribution in [1.82, 2.24) is 9.78 Å². The molecule has 0 spiro atoms. The average Bonchev–Trinajstić information content (AvgIpc) is 2.47. The first-order valence-corrected chi connectivity index (χ1v) is 4.31. The summed E-state index contributed by atoms with van der Waals surface area (Å²) in [6.45, 7) is -0.00659. The van der Waals surface area contributed by atoms with Gasteiger partial charge in [-0.1, -0.05) is 0 Å². The van der Waals surface area contributed by atoms with Crippen molar-refractivity contribution in [3.63, 3.8) is 0 Å². The number of hydrogen-bond acceptors (Lipinski definition) is 2. The highest BCUT2D eigenvalue weighted by Crippen LogP contribution is 2.35. The van der Waals surface area contributed by atoms with Crippen molar-refractivity contribution >= 4 is 0 Å². The number of rotatable bonds is 3. The second-order valence-corrected chi connectivity index (χ2v) is 3.15. The lowest BCUT2D eigenvalue weighted by Gasteiger charge is -2.08. The van der Waals surface area contributed by atoms with Gasteiger partial charge >= 0.3 is 6.18 Å². The maximum absolute atomic E-state index is 13.3. The van der Waals surface area contributed by atoms with Gasteiger partial charge in [0.15, 0.2) is 5.69 Å². The van der Waals surface area contributed by atoms with Crippen molar-refractivity contribution < 1.29 is 17.6 Å². The monoisotopic (exact) mass is 225 g/mol. The van der Waals surface area contributed by atoms with Crippen LogP contribution in [-0.2, 0) is 13.2 Å². The zero-order valence-electron chi connectivity index (χ0n) is 8.05. The van der Waals surface area contributed by atoms with Crippen LogP contribution in [0.25, 0.3) is 0 Å². The third-order valence-corrected chi connectivity index (χ3v) is 1.88. The number of halogens is 4. The Morgan fingerprint density at radius 3 is 2.60 bits per heavy atom. The van der Waals surface area contributed by atoms with Crippen LogP contribution in [-0.4, -0.2) is 16.3 Å². The minimum absolute atomic E-state index is 0.00659. The molecule has 86 valence electrons. The van der Waals surface area contributed by atoms with Crippen LogP contribution in [0, 0.1) is 0 Å². The van der Waals surface area contributed by atoms with Crippen LogP contribution in [0.4, 0.5) is 17.6 Å². The Kier molecular flexibility index (Phi) is 3.33. The van der Waals surface area contributed by atoms with Gasteiger partial charge in [-0.05, 0) is 13.0 Å². The van der Waals surface area contributed by atoms with Crippen LogP contribution in [0.3, 0.4) is 0 Å². The first-order valence-electron chi connectivity index (χ1n) is 4.31. The molecular weight excluding hydrogens is 214 g/mol. The van der Waals surface area contributed by atoms with E-state index in [1.54, 1.807) is 0 Å². The molecule has 2 N–H and O–H groups in total. The van der Waals surface area contributed by atoms with Crippen LogP contribution >= 0.6 is 0 Å². The summed E-state index contributed by atoms with van der Waals surface area (Å²) in [5.74, 6) is 0. The number of aromatic nitrogens is 2. The van der Waals surface area contributed by atoms with Crippen LogP contribution in [0.1, 0.15) is 23.8 Å². The van der Waals surface area contributed by atoms with Crippen molar-refractivity contribution in [3.8, 4) is 0 Å². The van der Waals surface area contributed by atoms with Crippen LogP contribution in [0.2, 0.25) is 0 Å². The maximum Gasteiger partial charge on any atom is 0.435 e. The molecule has 0 saturated carbocycles. The minimum atomic E-state index is -4.63. The van der Waals surface area contributed by atoms with E-state index in [0.717, 1.165) is 10.9 Å². The van der Waals surface area contributed by atoms with E-state index in [0.29, 0.717) is 0 Å². The fraction of sp³-hybridized carbons (Fsp3) is 0.625. The summed E-state index contributed by atoms with van der Waals surface area (Å²) in [4.78, 5) is 0. The Morgan fingerprint density at radius 2 is 2.13 bits per heavy atom. The summed E-state index contributed by atoms with van der Waals surface area (Å²) >= 11 is 0. The highest BCUT2D eigenvalue weighted by Gasteiger charge is 2.38. The Labute approximate surface area is 83.9 Å². The van der Waals surface area contributed by atoms with E-state index in [1.807, 2.05) is 0 Å². The highest BCUT2D eigenvalue weighted by atomic mass is 19.4. The molecule has 0 aliphatic carbocycles. The normalized spacial score (nSPS) is 14.3. The maximum atomic E-state index is 13.3. The predicted molar refractivity (Wildman–Crippen MR) is 45.7 cm³/mol. The molecule has 1 heterocycles. The molecule has 0 fully saturated rings. The van der Waals surface area contributed by atoms with Gasteiger partial charge in [0.05, 0.1) is 0 Å². The van der Waals surface area contributed by atoms with Crippen molar-refractivity contribution in [2.75, 3.05) is 6.54 Å². The van der Waals surface area contributed by atoms with Gasteiger partial charge in [-0.3, -0.25) is 4.68 Å². The Hall–Kier alpha value is -1.11. The fourth-order valence-corrected chi connectivity index (χ4v) is 1.26. The molecule has 7 heteroatoms. The molecule has 15 heavy (non-hydrogen) atoms. The topological polar surface area (TPSA) is 43.8 Å². The minimum Gasteiger partial charge on any atom is -0.330 e. The summed E-state index contributed by atoms with van der Waals surface area (Å²) in [5, 5.41) is 3.20. The fourth-order valence-electron chi connectivity index (χ4n) is 1.26. The summed E-state index contributed by atoms with van der Waals surface area (Å²) in [5.41, 5.74) is 3.46. The van der Waals surface area contributed by atoms with E-state index in [9.17, 15) is 17.6 Å². The highest BCUT2D eigenvalue weighted by molar-refractivity contribution is 5.22. The first-order chi connectivity index (χ1) is 6.86. The third kappa shape index (κ3) is 2.68. The zero-order chi connectivity index (χ0) is 11.6. The average molecular weight is 225 g/mol. The standard InChI is InChI=1S/C8H11F4N3/c1-15-4-5(6(9)2-3-13)7(14-15)8(10,11)12/h4,6H,2-3,13H2,1H3. The largest absolute Gasteiger partial charge is 0.435 e. The second-order valence-electron chi connectivity index (χ2n) is 3.15. The number of nitrogens with zero attached hydrogens (tertiary/aromatic N) is 2. The summed E-state index contributed by atoms with van der Waals surface area (Å²) in [7, 11) is 1.31. The van der Waals surface area contributed by atoms with Gasteiger partial charge in [-0.15, -0.1) is 0 Å². The van der Waals surface area contributed by atoms with E-state index in [2.05, 4.69) is 5.10 Å². The van der Waals surface area contributed by atoms with Gasteiger partial charge in [0.2, 0.25) is 0 Å². The smallest absolute Gasteiger partial charge is 0.330 e. The first kappa shape index (κ1) is 12.0. The molecule has 1 aromatic rings. The Bertz CT molecular complexity index is 331. The van der Waals surface area contributed by atoms with Crippen molar-refractivity contribution in [2.24, 2.45) is 12.8 Å². The van der Waals surface area contributed by atoms with E-state index in [4.69, 9.17) is 5.73 Å². The zero-order valence-corrected chi connectivity index (χ0v) is 8.05. The van der Waals surface area contributed by atoms with E-state index < -0.39 is 23.6 Å². The molecule has 0 radical (unpaired) electrons. The van der Waals surface area contributed by atoms with Gasteiger partial charge in [0, 0.05) is 18.8 Å². The molecule has 3 nitrogen and oxygen atoms in total. The summed E-state index contributed by atoms with van der Waals surface area (Å²) < 4.78 is 51.4. The molecular formula is C8H11F4N3. The van der Waals surface area contributed by atoms with Crippen LogP contribution < -0.4 is 5.73 Å². The molecule has 0 amide bonds. The van der Waals surface area contributed by atoms with Gasteiger partial charge < -0.3 is 5.73 Å².